The molecule has 27 heavy (non-hydrogen) atoms. The van der Waals surface area contributed by atoms with Gasteiger partial charge < -0.3 is 4.74 Å². The van der Waals surface area contributed by atoms with Gasteiger partial charge in [-0.05, 0) is 35.9 Å². The van der Waals surface area contributed by atoms with Crippen molar-refractivity contribution in [2.24, 2.45) is 0 Å². The highest BCUT2D eigenvalue weighted by molar-refractivity contribution is 7.14. The monoisotopic (exact) mass is 406 g/mol. The van der Waals surface area contributed by atoms with E-state index in [0.29, 0.717) is 15.7 Å². The van der Waals surface area contributed by atoms with Crippen LogP contribution in [0.15, 0.2) is 60.0 Å². The predicted octanol–water partition coefficient (Wildman–Crippen LogP) is 5.72. The van der Waals surface area contributed by atoms with Crippen molar-refractivity contribution in [2.45, 2.75) is 6.61 Å². The fourth-order valence-corrected chi connectivity index (χ4v) is 3.01. The van der Waals surface area contributed by atoms with Crippen LogP contribution in [-0.2, 0) is 4.79 Å². The van der Waals surface area contributed by atoms with Crippen LogP contribution in [0.5, 0.6) is 5.75 Å². The molecule has 0 aliphatic heterocycles. The van der Waals surface area contributed by atoms with E-state index >= 15 is 0 Å². The normalized spacial score (nSPS) is 11.1. The van der Waals surface area contributed by atoms with Crippen LogP contribution >= 0.6 is 22.9 Å². The number of carbonyl (C=O) groups is 1. The van der Waals surface area contributed by atoms with Gasteiger partial charge in [0, 0.05) is 22.0 Å². The summed E-state index contributed by atoms with van der Waals surface area (Å²) in [4.78, 5) is 16.4. The van der Waals surface area contributed by atoms with Gasteiger partial charge in [0.25, 0.3) is 0 Å². The molecule has 3 rings (SSSR count). The standard InChI is InChI=1S/C19H13ClF2N2O2S/c20-14-6-4-13(5-7-14)16-11-27-19(23-16)24-17(25)10-3-12-1-8-15(9-2-12)26-18(21)22/h1-11,18H,(H,23,24,25)/b10-3+. The number of amides is 1. The van der Waals surface area contributed by atoms with Gasteiger partial charge >= 0.3 is 6.61 Å². The molecule has 1 N–H and O–H groups in total. The van der Waals surface area contributed by atoms with Gasteiger partial charge in [0.1, 0.15) is 5.75 Å². The van der Waals surface area contributed by atoms with Gasteiger partial charge in [-0.1, -0.05) is 35.9 Å². The molecular weight excluding hydrogens is 394 g/mol. The summed E-state index contributed by atoms with van der Waals surface area (Å²) in [7, 11) is 0. The summed E-state index contributed by atoms with van der Waals surface area (Å²) in [6.45, 7) is -2.87. The van der Waals surface area contributed by atoms with E-state index in [4.69, 9.17) is 11.6 Å². The van der Waals surface area contributed by atoms with Crippen LogP contribution in [0.25, 0.3) is 17.3 Å². The number of thiazole rings is 1. The fourth-order valence-electron chi connectivity index (χ4n) is 2.16. The highest BCUT2D eigenvalue weighted by Gasteiger charge is 2.07. The number of nitrogens with one attached hydrogen (secondary N) is 1. The lowest BCUT2D eigenvalue weighted by Crippen LogP contribution is -2.07. The number of ether oxygens (including phenoxy) is 1. The Bertz CT molecular complexity index is 941. The van der Waals surface area contributed by atoms with Gasteiger partial charge in [-0.2, -0.15) is 8.78 Å². The Labute approximate surface area is 163 Å². The molecule has 3 aromatic rings. The van der Waals surface area contributed by atoms with Crippen molar-refractivity contribution in [3.05, 3.63) is 70.6 Å². The zero-order valence-electron chi connectivity index (χ0n) is 13.7. The first-order chi connectivity index (χ1) is 13.0. The van der Waals surface area contributed by atoms with E-state index in [9.17, 15) is 13.6 Å². The first kappa shape index (κ1) is 19.0. The van der Waals surface area contributed by atoms with Crippen molar-refractivity contribution < 1.29 is 18.3 Å². The molecule has 0 bridgehead atoms. The van der Waals surface area contributed by atoms with Crippen molar-refractivity contribution in [3.63, 3.8) is 0 Å². The maximum absolute atomic E-state index is 12.1. The first-order valence-corrected chi connectivity index (χ1v) is 9.01. The van der Waals surface area contributed by atoms with Crippen LogP contribution in [0, 0.1) is 0 Å². The predicted molar refractivity (Wildman–Crippen MR) is 103 cm³/mol. The number of benzene rings is 2. The molecule has 1 heterocycles. The third kappa shape index (κ3) is 5.60. The summed E-state index contributed by atoms with van der Waals surface area (Å²) in [5, 5.41) is 5.63. The number of halogens is 3. The van der Waals surface area contributed by atoms with Crippen LogP contribution in [0.3, 0.4) is 0 Å². The van der Waals surface area contributed by atoms with Crippen LogP contribution in [-0.4, -0.2) is 17.5 Å². The van der Waals surface area contributed by atoms with E-state index in [0.717, 1.165) is 11.3 Å². The third-order valence-corrected chi connectivity index (χ3v) is 4.42. The Morgan fingerprint density at radius 3 is 2.52 bits per heavy atom. The number of alkyl halides is 2. The summed E-state index contributed by atoms with van der Waals surface area (Å²) in [5.74, 6) is -0.288. The van der Waals surface area contributed by atoms with Crippen LogP contribution in [0.2, 0.25) is 5.02 Å². The molecular formula is C19H13ClF2N2O2S. The molecule has 0 aliphatic carbocycles. The lowest BCUT2D eigenvalue weighted by Gasteiger charge is -2.03. The molecule has 0 spiro atoms. The van der Waals surface area contributed by atoms with Gasteiger partial charge in [-0.15, -0.1) is 11.3 Å². The molecule has 0 atom stereocenters. The van der Waals surface area contributed by atoms with E-state index in [1.165, 1.54) is 29.5 Å². The zero-order valence-corrected chi connectivity index (χ0v) is 15.3. The number of nitrogens with zero attached hydrogens (tertiary/aromatic N) is 1. The molecule has 8 heteroatoms. The molecule has 0 saturated carbocycles. The van der Waals surface area contributed by atoms with E-state index in [1.54, 1.807) is 30.3 Å². The first-order valence-electron chi connectivity index (χ1n) is 7.75. The molecule has 0 radical (unpaired) electrons. The number of aromatic nitrogens is 1. The average Bonchev–Trinajstić information content (AvgIpc) is 3.09. The van der Waals surface area contributed by atoms with Crippen molar-refractivity contribution in [3.8, 4) is 17.0 Å². The quantitative estimate of drug-likeness (QED) is 0.533. The Morgan fingerprint density at radius 1 is 1.15 bits per heavy atom. The molecule has 2 aromatic carbocycles. The molecule has 0 fully saturated rings. The van der Waals surface area contributed by atoms with E-state index in [1.807, 2.05) is 17.5 Å². The summed E-state index contributed by atoms with van der Waals surface area (Å²) in [6, 6.07) is 13.2. The van der Waals surface area contributed by atoms with E-state index in [2.05, 4.69) is 15.0 Å². The second-order valence-electron chi connectivity index (χ2n) is 5.31. The Kier molecular flexibility index (Phi) is 6.16. The molecule has 138 valence electrons. The zero-order chi connectivity index (χ0) is 19.2. The number of hydrogen-bond acceptors (Lipinski definition) is 4. The van der Waals surface area contributed by atoms with Gasteiger partial charge in [-0.3, -0.25) is 10.1 Å². The third-order valence-electron chi connectivity index (χ3n) is 3.41. The second kappa shape index (κ2) is 8.75. The van der Waals surface area contributed by atoms with E-state index in [-0.39, 0.29) is 11.7 Å². The van der Waals surface area contributed by atoms with Gasteiger partial charge in [0.2, 0.25) is 5.91 Å². The number of anilines is 1. The summed E-state index contributed by atoms with van der Waals surface area (Å²) in [5.41, 5.74) is 2.32. The van der Waals surface area contributed by atoms with Gasteiger partial charge in [0.15, 0.2) is 5.13 Å². The lowest BCUT2D eigenvalue weighted by atomic mass is 10.2. The van der Waals surface area contributed by atoms with Gasteiger partial charge in [0.05, 0.1) is 5.69 Å². The highest BCUT2D eigenvalue weighted by Crippen LogP contribution is 2.26. The van der Waals surface area contributed by atoms with Crippen LogP contribution in [0.4, 0.5) is 13.9 Å². The average molecular weight is 407 g/mol. The number of hydrogen-bond donors (Lipinski definition) is 1. The van der Waals surface area contributed by atoms with E-state index < -0.39 is 6.61 Å². The Balaban J connectivity index is 1.59. The summed E-state index contributed by atoms with van der Waals surface area (Å²) < 4.78 is 28.5. The largest absolute Gasteiger partial charge is 0.435 e. The topological polar surface area (TPSA) is 51.2 Å². The minimum atomic E-state index is -2.87. The molecule has 1 aromatic heterocycles. The summed E-state index contributed by atoms with van der Waals surface area (Å²) >= 11 is 7.18. The number of rotatable bonds is 6. The van der Waals surface area contributed by atoms with Crippen molar-refractivity contribution in [2.75, 3.05) is 5.32 Å². The lowest BCUT2D eigenvalue weighted by molar-refractivity contribution is -0.111. The minimum Gasteiger partial charge on any atom is -0.435 e. The van der Waals surface area contributed by atoms with Crippen LogP contribution < -0.4 is 10.1 Å². The summed E-state index contributed by atoms with van der Waals surface area (Å²) in [6.07, 6.45) is 2.90. The second-order valence-corrected chi connectivity index (χ2v) is 6.61. The molecule has 0 aliphatic rings. The Morgan fingerprint density at radius 2 is 1.85 bits per heavy atom. The molecule has 0 saturated heterocycles. The molecule has 0 unspecified atom stereocenters. The van der Waals surface area contributed by atoms with Crippen molar-refractivity contribution >= 4 is 40.1 Å². The van der Waals surface area contributed by atoms with Gasteiger partial charge in [-0.25, -0.2) is 4.98 Å². The maximum atomic E-state index is 12.1. The smallest absolute Gasteiger partial charge is 0.387 e. The van der Waals surface area contributed by atoms with Crippen LogP contribution in [0.1, 0.15) is 5.56 Å². The molecule has 1 amide bonds. The fraction of sp³-hybridized carbons (Fsp3) is 0.0526. The van der Waals surface area contributed by atoms with Crippen molar-refractivity contribution in [1.29, 1.82) is 0 Å². The van der Waals surface area contributed by atoms with Crippen molar-refractivity contribution in [1.82, 2.24) is 4.98 Å². The SMILES string of the molecule is O=C(/C=C/c1ccc(OC(F)F)cc1)Nc1nc(-c2ccc(Cl)cc2)cs1. The number of carbonyl (C=O) groups excluding carboxylic acids is 1. The highest BCUT2D eigenvalue weighted by atomic mass is 35.5. The maximum Gasteiger partial charge on any atom is 0.387 e. The molecule has 4 nitrogen and oxygen atoms in total. The minimum absolute atomic E-state index is 0.0594. The Hall–Kier alpha value is -2.77.